The number of ether oxygens (including phenoxy) is 1. The minimum Gasteiger partial charge on any atom is -0.463 e. The van der Waals surface area contributed by atoms with Gasteiger partial charge in [-0.3, -0.25) is 4.90 Å². The van der Waals surface area contributed by atoms with Crippen molar-refractivity contribution >= 4 is 5.97 Å². The molecule has 0 bridgehead atoms. The molecule has 18 heavy (non-hydrogen) atoms. The van der Waals surface area contributed by atoms with Gasteiger partial charge >= 0.3 is 5.97 Å². The molecule has 0 spiro atoms. The Morgan fingerprint density at radius 1 is 1.44 bits per heavy atom. The van der Waals surface area contributed by atoms with Crippen molar-refractivity contribution in [2.75, 3.05) is 26.7 Å². The van der Waals surface area contributed by atoms with Crippen LogP contribution in [0.3, 0.4) is 0 Å². The molecule has 2 N–H and O–H groups in total. The van der Waals surface area contributed by atoms with Crippen molar-refractivity contribution in [3.05, 3.63) is 12.2 Å². The van der Waals surface area contributed by atoms with Crippen molar-refractivity contribution in [2.24, 2.45) is 11.7 Å². The first-order chi connectivity index (χ1) is 8.69. The monoisotopic (exact) mass is 254 g/mol. The third-order valence-corrected chi connectivity index (χ3v) is 3.67. The number of hydrogen-bond acceptors (Lipinski definition) is 4. The number of nitrogens with two attached hydrogens (primary N) is 1. The maximum Gasteiger partial charge on any atom is 0.330 e. The Morgan fingerprint density at radius 2 is 2.17 bits per heavy atom. The Hall–Kier alpha value is -0.870. The van der Waals surface area contributed by atoms with Crippen molar-refractivity contribution in [1.29, 1.82) is 0 Å². The second-order valence-electron chi connectivity index (χ2n) is 4.94. The molecule has 0 aromatic rings. The topological polar surface area (TPSA) is 55.6 Å². The van der Waals surface area contributed by atoms with Crippen molar-refractivity contribution in [3.8, 4) is 0 Å². The van der Waals surface area contributed by atoms with E-state index in [1.165, 1.54) is 31.8 Å². The molecule has 104 valence electrons. The number of esters is 1. The zero-order valence-electron chi connectivity index (χ0n) is 11.6. The van der Waals surface area contributed by atoms with Crippen LogP contribution in [0, 0.1) is 5.92 Å². The molecule has 1 aliphatic rings. The molecule has 0 amide bonds. The van der Waals surface area contributed by atoms with Crippen LogP contribution in [0.1, 0.15) is 32.6 Å². The predicted molar refractivity (Wildman–Crippen MR) is 73.2 cm³/mol. The van der Waals surface area contributed by atoms with Crippen LogP contribution in [0.25, 0.3) is 0 Å². The largest absolute Gasteiger partial charge is 0.463 e. The van der Waals surface area contributed by atoms with Gasteiger partial charge in [0.25, 0.3) is 0 Å². The van der Waals surface area contributed by atoms with Crippen molar-refractivity contribution in [1.82, 2.24) is 4.90 Å². The van der Waals surface area contributed by atoms with Gasteiger partial charge < -0.3 is 10.5 Å². The molecular weight excluding hydrogens is 228 g/mol. The molecule has 1 fully saturated rings. The average Bonchev–Trinajstić information content (AvgIpc) is 2.38. The fraction of sp³-hybridized carbons (Fsp3) is 0.786. The summed E-state index contributed by atoms with van der Waals surface area (Å²) in [5.41, 5.74) is 5.83. The highest BCUT2D eigenvalue weighted by molar-refractivity contribution is 5.81. The first kappa shape index (κ1) is 15.2. The molecule has 2 atom stereocenters. The Bertz CT molecular complexity index is 279. The van der Waals surface area contributed by atoms with E-state index in [1.54, 1.807) is 0 Å². The van der Waals surface area contributed by atoms with E-state index >= 15 is 0 Å². The highest BCUT2D eigenvalue weighted by Crippen LogP contribution is 2.26. The second kappa shape index (κ2) is 8.27. The summed E-state index contributed by atoms with van der Waals surface area (Å²) in [5.74, 6) is 0.338. The lowest BCUT2D eigenvalue weighted by Crippen LogP contribution is -2.43. The quantitative estimate of drug-likeness (QED) is 0.577. The summed E-state index contributed by atoms with van der Waals surface area (Å²) in [6.07, 6.45) is 8.41. The molecule has 0 saturated heterocycles. The number of carbonyl (C=O) groups excluding carboxylic acids is 1. The number of likely N-dealkylation sites (N-methyl/N-ethyl adjacent to an activating group) is 1. The van der Waals surface area contributed by atoms with Crippen molar-refractivity contribution in [2.45, 2.75) is 38.6 Å². The van der Waals surface area contributed by atoms with E-state index in [0.29, 0.717) is 18.6 Å². The Balaban J connectivity index is 2.38. The zero-order chi connectivity index (χ0) is 13.4. The SMILES string of the molecule is CCOC(=O)/C=C/CN(C)C1CCCCC1CN. The summed E-state index contributed by atoms with van der Waals surface area (Å²) in [6.45, 7) is 3.78. The average molecular weight is 254 g/mol. The number of nitrogens with zero attached hydrogens (tertiary/aromatic N) is 1. The maximum absolute atomic E-state index is 11.2. The number of rotatable bonds is 6. The number of hydrogen-bond donors (Lipinski definition) is 1. The van der Waals surface area contributed by atoms with Crippen LogP contribution < -0.4 is 5.73 Å². The summed E-state index contributed by atoms with van der Waals surface area (Å²) in [6, 6.07) is 0.551. The van der Waals surface area contributed by atoms with Crippen LogP contribution in [0.15, 0.2) is 12.2 Å². The van der Waals surface area contributed by atoms with E-state index in [2.05, 4.69) is 11.9 Å². The molecule has 4 nitrogen and oxygen atoms in total. The molecule has 2 unspecified atom stereocenters. The highest BCUT2D eigenvalue weighted by atomic mass is 16.5. The summed E-state index contributed by atoms with van der Waals surface area (Å²) < 4.78 is 4.85. The van der Waals surface area contributed by atoms with Gasteiger partial charge in [0.05, 0.1) is 6.61 Å². The van der Waals surface area contributed by atoms with Crippen LogP contribution in [0.2, 0.25) is 0 Å². The maximum atomic E-state index is 11.2. The fourth-order valence-corrected chi connectivity index (χ4v) is 2.68. The lowest BCUT2D eigenvalue weighted by Gasteiger charge is -2.37. The lowest BCUT2D eigenvalue weighted by molar-refractivity contribution is -0.137. The fourth-order valence-electron chi connectivity index (χ4n) is 2.68. The van der Waals surface area contributed by atoms with E-state index in [1.807, 2.05) is 13.0 Å². The molecule has 0 heterocycles. The van der Waals surface area contributed by atoms with Crippen LogP contribution in [0.5, 0.6) is 0 Å². The van der Waals surface area contributed by atoms with E-state index < -0.39 is 0 Å². The molecule has 1 saturated carbocycles. The van der Waals surface area contributed by atoms with Crippen molar-refractivity contribution < 1.29 is 9.53 Å². The second-order valence-corrected chi connectivity index (χ2v) is 4.94. The standard InChI is InChI=1S/C14H26N2O2/c1-3-18-14(17)9-6-10-16(2)13-8-5-4-7-12(13)11-15/h6,9,12-13H,3-5,7-8,10-11,15H2,1-2H3/b9-6+. The lowest BCUT2D eigenvalue weighted by atomic mass is 9.84. The van der Waals surface area contributed by atoms with Crippen LogP contribution in [-0.4, -0.2) is 43.7 Å². The molecule has 0 aliphatic heterocycles. The zero-order valence-corrected chi connectivity index (χ0v) is 11.6. The smallest absolute Gasteiger partial charge is 0.330 e. The van der Waals surface area contributed by atoms with Gasteiger partial charge in [-0.25, -0.2) is 4.79 Å². The Labute approximate surface area is 110 Å². The third kappa shape index (κ3) is 4.78. The molecule has 4 heteroatoms. The van der Waals surface area contributed by atoms with Gasteiger partial charge in [0.15, 0.2) is 0 Å². The minimum absolute atomic E-state index is 0.259. The van der Waals surface area contributed by atoms with E-state index in [0.717, 1.165) is 13.1 Å². The minimum atomic E-state index is -0.259. The van der Waals surface area contributed by atoms with Gasteiger partial charge in [0, 0.05) is 18.7 Å². The summed E-state index contributed by atoms with van der Waals surface area (Å²) in [5, 5.41) is 0. The Kier molecular flexibility index (Phi) is 6.98. The number of carbonyl (C=O) groups is 1. The van der Waals surface area contributed by atoms with Gasteiger partial charge in [-0.2, -0.15) is 0 Å². The van der Waals surface area contributed by atoms with E-state index in [-0.39, 0.29) is 5.97 Å². The molecule has 0 aromatic heterocycles. The Morgan fingerprint density at radius 3 is 2.83 bits per heavy atom. The van der Waals surface area contributed by atoms with Crippen molar-refractivity contribution in [3.63, 3.8) is 0 Å². The van der Waals surface area contributed by atoms with Gasteiger partial charge in [-0.1, -0.05) is 18.9 Å². The third-order valence-electron chi connectivity index (χ3n) is 3.67. The van der Waals surface area contributed by atoms with Crippen LogP contribution in [-0.2, 0) is 9.53 Å². The van der Waals surface area contributed by atoms with Gasteiger partial charge in [-0.05, 0) is 39.3 Å². The van der Waals surface area contributed by atoms with Crippen LogP contribution in [0.4, 0.5) is 0 Å². The van der Waals surface area contributed by atoms with Gasteiger partial charge in [-0.15, -0.1) is 0 Å². The first-order valence-electron chi connectivity index (χ1n) is 6.92. The normalized spacial score (nSPS) is 24.7. The van der Waals surface area contributed by atoms with Gasteiger partial charge in [0.1, 0.15) is 0 Å². The summed E-state index contributed by atoms with van der Waals surface area (Å²) in [4.78, 5) is 13.5. The first-order valence-corrected chi connectivity index (χ1v) is 6.92. The molecular formula is C14H26N2O2. The molecule has 0 radical (unpaired) electrons. The molecule has 0 aromatic carbocycles. The summed E-state index contributed by atoms with van der Waals surface area (Å²) in [7, 11) is 2.11. The predicted octanol–water partition coefficient (Wildman–Crippen LogP) is 1.55. The summed E-state index contributed by atoms with van der Waals surface area (Å²) >= 11 is 0. The van der Waals surface area contributed by atoms with E-state index in [4.69, 9.17) is 10.5 Å². The van der Waals surface area contributed by atoms with E-state index in [9.17, 15) is 4.79 Å². The molecule has 1 aliphatic carbocycles. The van der Waals surface area contributed by atoms with Crippen LogP contribution >= 0.6 is 0 Å². The highest BCUT2D eigenvalue weighted by Gasteiger charge is 2.26. The van der Waals surface area contributed by atoms with Gasteiger partial charge in [0.2, 0.25) is 0 Å². The molecule has 1 rings (SSSR count).